The van der Waals surface area contributed by atoms with Crippen molar-refractivity contribution in [1.82, 2.24) is 16.0 Å². The third-order valence-corrected chi connectivity index (χ3v) is 2.88. The fourth-order valence-electron chi connectivity index (χ4n) is 1.76. The molecule has 1 fully saturated rings. The summed E-state index contributed by atoms with van der Waals surface area (Å²) < 4.78 is 0. The fourth-order valence-corrected chi connectivity index (χ4v) is 1.76. The first-order valence-electron chi connectivity index (χ1n) is 5.95. The number of rotatable bonds is 6. The molecule has 92 valence electrons. The Morgan fingerprint density at radius 3 is 2.69 bits per heavy atom. The Kier molecular flexibility index (Phi) is 5.25. The first-order chi connectivity index (χ1) is 7.65. The van der Waals surface area contributed by atoms with Crippen LogP contribution in [0.3, 0.4) is 0 Å². The molecule has 3 N–H and O–H groups in total. The van der Waals surface area contributed by atoms with Gasteiger partial charge in [-0.3, -0.25) is 9.59 Å². The molecule has 2 amide bonds. The summed E-state index contributed by atoms with van der Waals surface area (Å²) in [7, 11) is 0. The molecule has 1 aliphatic rings. The Hall–Kier alpha value is -1.10. The van der Waals surface area contributed by atoms with Crippen molar-refractivity contribution in [3.63, 3.8) is 0 Å². The molecule has 16 heavy (non-hydrogen) atoms. The molecule has 0 aliphatic carbocycles. The summed E-state index contributed by atoms with van der Waals surface area (Å²) in [4.78, 5) is 22.4. The minimum absolute atomic E-state index is 0.00745. The van der Waals surface area contributed by atoms with Crippen LogP contribution in [0.4, 0.5) is 0 Å². The third-order valence-electron chi connectivity index (χ3n) is 2.88. The summed E-state index contributed by atoms with van der Waals surface area (Å²) in [5.74, 6) is 0.0611. The van der Waals surface area contributed by atoms with Gasteiger partial charge in [0.05, 0.1) is 6.54 Å². The van der Waals surface area contributed by atoms with Crippen molar-refractivity contribution in [2.75, 3.05) is 13.1 Å². The van der Waals surface area contributed by atoms with Crippen LogP contribution in [-0.4, -0.2) is 37.0 Å². The molecule has 0 bridgehead atoms. The highest BCUT2D eigenvalue weighted by Gasteiger charge is 2.21. The van der Waals surface area contributed by atoms with Crippen molar-refractivity contribution in [2.24, 2.45) is 0 Å². The maximum Gasteiger partial charge on any atom is 0.234 e. The monoisotopic (exact) mass is 227 g/mol. The molecule has 0 spiro atoms. The van der Waals surface area contributed by atoms with E-state index in [-0.39, 0.29) is 30.4 Å². The maximum absolute atomic E-state index is 11.5. The minimum Gasteiger partial charge on any atom is -0.354 e. The highest BCUT2D eigenvalue weighted by Crippen LogP contribution is 1.99. The Labute approximate surface area is 96.4 Å². The van der Waals surface area contributed by atoms with E-state index in [9.17, 15) is 9.59 Å². The van der Waals surface area contributed by atoms with Crippen LogP contribution in [0.15, 0.2) is 0 Å². The Bertz CT molecular complexity index is 252. The number of carbonyl (C=O) groups excluding carboxylic acids is 2. The summed E-state index contributed by atoms with van der Waals surface area (Å²) in [5.41, 5.74) is 0. The summed E-state index contributed by atoms with van der Waals surface area (Å²) in [6.07, 6.45) is 2.37. The van der Waals surface area contributed by atoms with Crippen LogP contribution in [-0.2, 0) is 9.59 Å². The van der Waals surface area contributed by atoms with E-state index in [4.69, 9.17) is 0 Å². The van der Waals surface area contributed by atoms with Gasteiger partial charge in [-0.15, -0.1) is 0 Å². The van der Waals surface area contributed by atoms with Gasteiger partial charge in [0, 0.05) is 25.0 Å². The summed E-state index contributed by atoms with van der Waals surface area (Å²) in [6.45, 7) is 5.02. The Morgan fingerprint density at radius 1 is 1.50 bits per heavy atom. The summed E-state index contributed by atoms with van der Waals surface area (Å²) in [5, 5.41) is 8.74. The second-order valence-electron chi connectivity index (χ2n) is 4.17. The van der Waals surface area contributed by atoms with E-state index in [1.54, 1.807) is 0 Å². The SMILES string of the molecule is CCC(CC)NC(=O)CNC1CNC(=O)C1. The van der Waals surface area contributed by atoms with E-state index in [0.29, 0.717) is 13.0 Å². The van der Waals surface area contributed by atoms with E-state index in [0.717, 1.165) is 12.8 Å². The molecule has 5 nitrogen and oxygen atoms in total. The molecule has 1 rings (SSSR count). The first-order valence-corrected chi connectivity index (χ1v) is 5.95. The van der Waals surface area contributed by atoms with Crippen molar-refractivity contribution >= 4 is 11.8 Å². The average Bonchev–Trinajstić information content (AvgIpc) is 2.69. The lowest BCUT2D eigenvalue weighted by Crippen LogP contribution is -2.43. The maximum atomic E-state index is 11.5. The summed E-state index contributed by atoms with van der Waals surface area (Å²) in [6, 6.07) is 0.359. The highest BCUT2D eigenvalue weighted by atomic mass is 16.2. The number of hydrogen-bond acceptors (Lipinski definition) is 3. The topological polar surface area (TPSA) is 70.2 Å². The van der Waals surface area contributed by atoms with Gasteiger partial charge in [0.2, 0.25) is 11.8 Å². The molecule has 1 aliphatic heterocycles. The average molecular weight is 227 g/mol. The van der Waals surface area contributed by atoms with Crippen LogP contribution >= 0.6 is 0 Å². The quantitative estimate of drug-likeness (QED) is 0.587. The molecule has 0 aromatic carbocycles. The van der Waals surface area contributed by atoms with E-state index in [1.807, 2.05) is 0 Å². The van der Waals surface area contributed by atoms with Crippen LogP contribution in [0, 0.1) is 0 Å². The van der Waals surface area contributed by atoms with Crippen molar-refractivity contribution < 1.29 is 9.59 Å². The Morgan fingerprint density at radius 2 is 2.19 bits per heavy atom. The molecule has 1 heterocycles. The molecule has 1 atom stereocenters. The van der Waals surface area contributed by atoms with Gasteiger partial charge < -0.3 is 16.0 Å². The van der Waals surface area contributed by atoms with E-state index < -0.39 is 0 Å². The van der Waals surface area contributed by atoms with Crippen LogP contribution in [0.25, 0.3) is 0 Å². The predicted molar refractivity (Wildman–Crippen MR) is 61.9 cm³/mol. The summed E-state index contributed by atoms with van der Waals surface area (Å²) >= 11 is 0. The number of hydrogen-bond donors (Lipinski definition) is 3. The predicted octanol–water partition coefficient (Wildman–Crippen LogP) is -0.231. The number of amides is 2. The standard InChI is InChI=1S/C11H21N3O2/c1-3-8(4-2)14-11(16)7-12-9-5-10(15)13-6-9/h8-9,12H,3-7H2,1-2H3,(H,13,15)(H,14,16). The van der Waals surface area contributed by atoms with Gasteiger partial charge in [-0.2, -0.15) is 0 Å². The lowest BCUT2D eigenvalue weighted by atomic mass is 10.2. The zero-order valence-corrected chi connectivity index (χ0v) is 10.0. The normalized spacial score (nSPS) is 19.9. The van der Waals surface area contributed by atoms with Crippen LogP contribution in [0.2, 0.25) is 0 Å². The van der Waals surface area contributed by atoms with Crippen molar-refractivity contribution in [1.29, 1.82) is 0 Å². The van der Waals surface area contributed by atoms with Gasteiger partial charge in [0.25, 0.3) is 0 Å². The second kappa shape index (κ2) is 6.48. The lowest BCUT2D eigenvalue weighted by molar-refractivity contribution is -0.121. The molecule has 1 unspecified atom stereocenters. The van der Waals surface area contributed by atoms with Crippen molar-refractivity contribution in [3.05, 3.63) is 0 Å². The van der Waals surface area contributed by atoms with Gasteiger partial charge in [-0.05, 0) is 12.8 Å². The molecule has 0 radical (unpaired) electrons. The highest BCUT2D eigenvalue weighted by molar-refractivity contribution is 5.80. The zero-order valence-electron chi connectivity index (χ0n) is 10.0. The smallest absolute Gasteiger partial charge is 0.234 e. The van der Waals surface area contributed by atoms with Crippen LogP contribution in [0.5, 0.6) is 0 Å². The molecule has 1 saturated heterocycles. The molecule has 0 saturated carbocycles. The van der Waals surface area contributed by atoms with E-state index in [1.165, 1.54) is 0 Å². The van der Waals surface area contributed by atoms with Gasteiger partial charge in [-0.1, -0.05) is 13.8 Å². The van der Waals surface area contributed by atoms with Crippen molar-refractivity contribution in [3.8, 4) is 0 Å². The third kappa shape index (κ3) is 4.18. The van der Waals surface area contributed by atoms with E-state index >= 15 is 0 Å². The van der Waals surface area contributed by atoms with Gasteiger partial charge in [0.1, 0.15) is 0 Å². The molecular weight excluding hydrogens is 206 g/mol. The van der Waals surface area contributed by atoms with Crippen molar-refractivity contribution in [2.45, 2.75) is 45.2 Å². The molecular formula is C11H21N3O2. The molecule has 0 aromatic heterocycles. The fraction of sp³-hybridized carbons (Fsp3) is 0.818. The number of carbonyl (C=O) groups is 2. The number of nitrogens with one attached hydrogen (secondary N) is 3. The largest absolute Gasteiger partial charge is 0.354 e. The van der Waals surface area contributed by atoms with Gasteiger partial charge >= 0.3 is 0 Å². The first kappa shape index (κ1) is 13.0. The van der Waals surface area contributed by atoms with Gasteiger partial charge in [0.15, 0.2) is 0 Å². The zero-order chi connectivity index (χ0) is 12.0. The van der Waals surface area contributed by atoms with E-state index in [2.05, 4.69) is 29.8 Å². The Balaban J connectivity index is 2.17. The second-order valence-corrected chi connectivity index (χ2v) is 4.17. The molecule has 5 heteroatoms. The van der Waals surface area contributed by atoms with Crippen LogP contribution in [0.1, 0.15) is 33.1 Å². The minimum atomic E-state index is 0.00745. The lowest BCUT2D eigenvalue weighted by Gasteiger charge is -2.16. The van der Waals surface area contributed by atoms with Crippen LogP contribution < -0.4 is 16.0 Å². The molecule has 0 aromatic rings. The van der Waals surface area contributed by atoms with Gasteiger partial charge in [-0.25, -0.2) is 0 Å².